The highest BCUT2D eigenvalue weighted by atomic mass is 32.1. The van der Waals surface area contributed by atoms with Crippen LogP contribution in [-0.2, 0) is 4.79 Å². The molecule has 0 aliphatic heterocycles. The molecule has 0 saturated heterocycles. The third kappa shape index (κ3) is 6.10. The zero-order chi connectivity index (χ0) is 24.8. The number of aromatic nitrogens is 1. The molecule has 0 radical (unpaired) electrons. The zero-order valence-corrected chi connectivity index (χ0v) is 19.6. The van der Waals surface area contributed by atoms with Crippen LogP contribution >= 0.6 is 11.3 Å². The van der Waals surface area contributed by atoms with Gasteiger partial charge >= 0.3 is 5.97 Å². The van der Waals surface area contributed by atoms with E-state index < -0.39 is 12.3 Å². The topological polar surface area (TPSA) is 99.9 Å². The van der Waals surface area contributed by atoms with E-state index in [1.807, 2.05) is 72.8 Å². The molecule has 7 heteroatoms. The molecule has 35 heavy (non-hydrogen) atoms. The average Bonchev–Trinajstić information content (AvgIpc) is 3.32. The fraction of sp³-hybridized carbons (Fsp3) is 0.0714. The van der Waals surface area contributed by atoms with Crippen LogP contribution in [0.15, 0.2) is 84.9 Å². The molecule has 0 spiro atoms. The van der Waals surface area contributed by atoms with E-state index in [2.05, 4.69) is 0 Å². The minimum atomic E-state index is -1.50. The molecular formula is C28H23NO5S. The van der Waals surface area contributed by atoms with Crippen molar-refractivity contribution in [2.45, 2.75) is 6.29 Å². The Kier molecular flexibility index (Phi) is 7.52. The van der Waals surface area contributed by atoms with Gasteiger partial charge < -0.3 is 20.1 Å². The summed E-state index contributed by atoms with van der Waals surface area (Å²) in [7, 11) is 1.63. The van der Waals surface area contributed by atoms with E-state index in [-0.39, 0.29) is 0 Å². The van der Waals surface area contributed by atoms with Crippen LogP contribution in [0.1, 0.15) is 11.1 Å². The summed E-state index contributed by atoms with van der Waals surface area (Å²) in [6.45, 7) is 0. The van der Waals surface area contributed by atoms with Crippen LogP contribution in [0, 0.1) is 0 Å². The molecule has 4 rings (SSSR count). The Morgan fingerprint density at radius 1 is 0.857 bits per heavy atom. The van der Waals surface area contributed by atoms with Gasteiger partial charge in [0, 0.05) is 17.2 Å². The van der Waals surface area contributed by atoms with E-state index in [0.717, 1.165) is 55.2 Å². The summed E-state index contributed by atoms with van der Waals surface area (Å²) < 4.78 is 5.27. The Morgan fingerprint density at radius 2 is 1.43 bits per heavy atom. The van der Waals surface area contributed by atoms with Crippen LogP contribution in [0.2, 0.25) is 0 Å². The van der Waals surface area contributed by atoms with Gasteiger partial charge in [-0.3, -0.25) is 0 Å². The predicted molar refractivity (Wildman–Crippen MR) is 139 cm³/mol. The molecule has 176 valence electrons. The van der Waals surface area contributed by atoms with Gasteiger partial charge in [-0.15, -0.1) is 11.3 Å². The van der Waals surface area contributed by atoms with Gasteiger partial charge in [-0.25, -0.2) is 9.78 Å². The largest absolute Gasteiger partial charge is 0.497 e. The van der Waals surface area contributed by atoms with Gasteiger partial charge in [0.2, 0.25) is 0 Å². The van der Waals surface area contributed by atoms with Crippen molar-refractivity contribution in [1.82, 2.24) is 4.98 Å². The summed E-state index contributed by atoms with van der Waals surface area (Å²) in [6.07, 6.45) is 4.10. The standard InChI is InChI=1S/C28H23NO5S/c1-34-23-14-12-22(13-15-23)28-29-26(20-8-2-18(3-9-20)6-16-24(30)31)27(35-28)21-10-4-19(5-11-21)7-17-25(32)33/h2-17,24,30-31H,1H3,(H,32,33)/b16-6+,17-7+. The number of aliphatic carboxylic acids is 1. The maximum Gasteiger partial charge on any atom is 0.328 e. The van der Waals surface area contributed by atoms with Gasteiger partial charge in [0.05, 0.1) is 17.7 Å². The van der Waals surface area contributed by atoms with Crippen LogP contribution in [0.5, 0.6) is 5.75 Å². The SMILES string of the molecule is COc1ccc(-c2nc(-c3ccc(/C=C/C(O)O)cc3)c(-c3ccc(/C=C/C(=O)O)cc3)s2)cc1. The van der Waals surface area contributed by atoms with Crippen molar-refractivity contribution in [3.63, 3.8) is 0 Å². The van der Waals surface area contributed by atoms with E-state index in [0.29, 0.717) is 0 Å². The summed E-state index contributed by atoms with van der Waals surface area (Å²) >= 11 is 1.57. The molecule has 3 aromatic carbocycles. The first-order valence-electron chi connectivity index (χ1n) is 10.7. The minimum Gasteiger partial charge on any atom is -0.497 e. The third-order valence-electron chi connectivity index (χ3n) is 5.20. The Balaban J connectivity index is 1.75. The molecular weight excluding hydrogens is 462 g/mol. The van der Waals surface area contributed by atoms with Gasteiger partial charge in [0.25, 0.3) is 0 Å². The van der Waals surface area contributed by atoms with Gasteiger partial charge in [0.1, 0.15) is 10.8 Å². The van der Waals surface area contributed by atoms with Crippen LogP contribution in [0.3, 0.4) is 0 Å². The summed E-state index contributed by atoms with van der Waals surface area (Å²) in [5.41, 5.74) is 5.32. The van der Waals surface area contributed by atoms with Crippen LogP contribution < -0.4 is 4.74 Å². The maximum absolute atomic E-state index is 10.8. The normalized spacial score (nSPS) is 11.5. The molecule has 0 atom stereocenters. The molecule has 0 aliphatic carbocycles. The number of hydrogen-bond acceptors (Lipinski definition) is 6. The number of nitrogens with zero attached hydrogens (tertiary/aromatic N) is 1. The number of methoxy groups -OCH3 is 1. The van der Waals surface area contributed by atoms with Gasteiger partial charge in [-0.05, 0) is 53.1 Å². The molecule has 4 aromatic rings. The van der Waals surface area contributed by atoms with Crippen molar-refractivity contribution in [3.8, 4) is 38.0 Å². The smallest absolute Gasteiger partial charge is 0.328 e. The van der Waals surface area contributed by atoms with E-state index >= 15 is 0 Å². The summed E-state index contributed by atoms with van der Waals surface area (Å²) in [6, 6.07) is 23.1. The Labute approximate surface area is 206 Å². The third-order valence-corrected chi connectivity index (χ3v) is 6.35. The first kappa shape index (κ1) is 24.1. The monoisotopic (exact) mass is 485 g/mol. The lowest BCUT2D eigenvalue weighted by Crippen LogP contribution is -1.96. The van der Waals surface area contributed by atoms with Crippen molar-refractivity contribution in [2.24, 2.45) is 0 Å². The van der Waals surface area contributed by atoms with Crippen molar-refractivity contribution in [3.05, 3.63) is 96.1 Å². The number of carboxylic acids is 1. The second kappa shape index (κ2) is 10.9. The number of aliphatic hydroxyl groups excluding tert-OH is 1. The lowest BCUT2D eigenvalue weighted by Gasteiger charge is -2.05. The van der Waals surface area contributed by atoms with E-state index in [1.54, 1.807) is 30.6 Å². The number of benzene rings is 3. The van der Waals surface area contributed by atoms with Crippen molar-refractivity contribution < 1.29 is 24.9 Å². The second-order valence-electron chi connectivity index (χ2n) is 7.61. The molecule has 1 heterocycles. The first-order chi connectivity index (χ1) is 16.9. The molecule has 1 aromatic heterocycles. The lowest BCUT2D eigenvalue weighted by molar-refractivity contribution is -0.131. The molecule has 6 nitrogen and oxygen atoms in total. The molecule has 0 fully saturated rings. The van der Waals surface area contributed by atoms with E-state index in [9.17, 15) is 4.79 Å². The van der Waals surface area contributed by atoms with Crippen LogP contribution in [0.25, 0.3) is 44.4 Å². The number of carboxylic acid groups (broad SMARTS) is 1. The fourth-order valence-corrected chi connectivity index (χ4v) is 4.53. The fourth-order valence-electron chi connectivity index (χ4n) is 3.43. The summed E-state index contributed by atoms with van der Waals surface area (Å²) in [5.74, 6) is -0.220. The average molecular weight is 486 g/mol. The number of thiazole rings is 1. The predicted octanol–water partition coefficient (Wildman–Crippen LogP) is 5.57. The highest BCUT2D eigenvalue weighted by Gasteiger charge is 2.16. The highest BCUT2D eigenvalue weighted by Crippen LogP contribution is 2.41. The van der Waals surface area contributed by atoms with E-state index in [1.165, 1.54) is 6.08 Å². The molecule has 0 unspecified atom stereocenters. The maximum atomic E-state index is 10.8. The Bertz CT molecular complexity index is 1350. The molecule has 0 amide bonds. The van der Waals surface area contributed by atoms with Gasteiger partial charge in [-0.1, -0.05) is 54.6 Å². The first-order valence-corrected chi connectivity index (χ1v) is 11.6. The molecule has 0 saturated carbocycles. The minimum absolute atomic E-state index is 0.771. The van der Waals surface area contributed by atoms with Crippen LogP contribution in [-0.4, -0.2) is 39.7 Å². The van der Waals surface area contributed by atoms with E-state index in [4.69, 9.17) is 25.0 Å². The number of carbonyl (C=O) groups is 1. The highest BCUT2D eigenvalue weighted by molar-refractivity contribution is 7.19. The van der Waals surface area contributed by atoms with Gasteiger partial charge in [0.15, 0.2) is 6.29 Å². The molecule has 0 aliphatic rings. The van der Waals surface area contributed by atoms with Crippen LogP contribution in [0.4, 0.5) is 0 Å². The lowest BCUT2D eigenvalue weighted by atomic mass is 10.0. The van der Waals surface area contributed by atoms with Crippen molar-refractivity contribution in [1.29, 1.82) is 0 Å². The van der Waals surface area contributed by atoms with Gasteiger partial charge in [-0.2, -0.15) is 0 Å². The van der Waals surface area contributed by atoms with Crippen molar-refractivity contribution >= 4 is 29.5 Å². The zero-order valence-electron chi connectivity index (χ0n) is 18.8. The molecule has 0 bridgehead atoms. The number of aliphatic hydroxyl groups is 2. The number of ether oxygens (including phenoxy) is 1. The summed E-state index contributed by atoms with van der Waals surface area (Å²) in [5, 5.41) is 27.8. The Morgan fingerprint density at radius 3 is 2.00 bits per heavy atom. The van der Waals surface area contributed by atoms with Crippen molar-refractivity contribution in [2.75, 3.05) is 7.11 Å². The Hall–Kier alpha value is -4.04. The quantitative estimate of drug-likeness (QED) is 0.223. The number of rotatable bonds is 8. The number of hydrogen-bond donors (Lipinski definition) is 3. The molecule has 3 N–H and O–H groups in total. The summed E-state index contributed by atoms with van der Waals surface area (Å²) in [4.78, 5) is 16.7. The second-order valence-corrected chi connectivity index (χ2v) is 8.61.